The van der Waals surface area contributed by atoms with Crippen LogP contribution in [0, 0.1) is 0 Å². The highest BCUT2D eigenvalue weighted by Gasteiger charge is 2.11. The predicted molar refractivity (Wildman–Crippen MR) is 84.9 cm³/mol. The summed E-state index contributed by atoms with van der Waals surface area (Å²) in [6, 6.07) is 13.3. The number of para-hydroxylation sites is 1. The summed E-state index contributed by atoms with van der Waals surface area (Å²) in [5.74, 6) is 1.32. The molecule has 0 saturated heterocycles. The Morgan fingerprint density at radius 3 is 2.50 bits per heavy atom. The molecule has 1 atom stereocenters. The van der Waals surface area contributed by atoms with Crippen molar-refractivity contribution >= 4 is 23.2 Å². The summed E-state index contributed by atoms with van der Waals surface area (Å²) in [6.07, 6.45) is 1.69. The molecule has 0 aliphatic carbocycles. The Labute approximate surface area is 129 Å². The zero-order valence-corrected chi connectivity index (χ0v) is 12.8. The van der Waals surface area contributed by atoms with Crippen LogP contribution in [0.25, 0.3) is 0 Å². The average Bonchev–Trinajstić information content (AvgIpc) is 2.45. The minimum absolute atomic E-state index is 0.120. The molecule has 0 heterocycles. The van der Waals surface area contributed by atoms with E-state index in [-0.39, 0.29) is 6.04 Å². The number of halogens is 2. The van der Waals surface area contributed by atoms with Crippen LogP contribution in [0.2, 0.25) is 10.0 Å². The molecule has 0 bridgehead atoms. The summed E-state index contributed by atoms with van der Waals surface area (Å²) in [5.41, 5.74) is 7.09. The molecule has 2 nitrogen and oxygen atoms in total. The lowest BCUT2D eigenvalue weighted by molar-refractivity contribution is 0.472. The van der Waals surface area contributed by atoms with E-state index >= 15 is 0 Å². The maximum Gasteiger partial charge on any atom is 0.147 e. The molecule has 4 heteroatoms. The molecule has 106 valence electrons. The first kappa shape index (κ1) is 15.2. The lowest BCUT2D eigenvalue weighted by Gasteiger charge is -2.15. The van der Waals surface area contributed by atoms with Gasteiger partial charge in [0.15, 0.2) is 0 Å². The van der Waals surface area contributed by atoms with E-state index in [1.54, 1.807) is 12.1 Å². The van der Waals surface area contributed by atoms with Crippen molar-refractivity contribution in [3.8, 4) is 11.5 Å². The summed E-state index contributed by atoms with van der Waals surface area (Å²) in [4.78, 5) is 0. The second kappa shape index (κ2) is 6.98. The van der Waals surface area contributed by atoms with E-state index in [0.717, 1.165) is 24.2 Å². The van der Waals surface area contributed by atoms with Crippen molar-refractivity contribution in [3.63, 3.8) is 0 Å². The third-order valence-electron chi connectivity index (χ3n) is 3.12. The van der Waals surface area contributed by atoms with Gasteiger partial charge in [-0.3, -0.25) is 0 Å². The van der Waals surface area contributed by atoms with E-state index in [0.29, 0.717) is 15.8 Å². The number of ether oxygens (including phenoxy) is 1. The van der Waals surface area contributed by atoms with Crippen LogP contribution in [0.4, 0.5) is 0 Å². The molecule has 0 radical (unpaired) electrons. The summed E-state index contributed by atoms with van der Waals surface area (Å²) in [5, 5.41) is 0.899. The van der Waals surface area contributed by atoms with Gasteiger partial charge in [0.05, 0.1) is 5.02 Å². The van der Waals surface area contributed by atoms with Crippen LogP contribution < -0.4 is 10.5 Å². The number of nitrogens with two attached hydrogens (primary N) is 1. The van der Waals surface area contributed by atoms with Crippen molar-refractivity contribution in [1.29, 1.82) is 0 Å². The molecule has 0 saturated carbocycles. The van der Waals surface area contributed by atoms with Crippen LogP contribution in [-0.4, -0.2) is 6.04 Å². The van der Waals surface area contributed by atoms with Gasteiger partial charge in [-0.25, -0.2) is 0 Å². The lowest BCUT2D eigenvalue weighted by Crippen LogP contribution is -2.21. The van der Waals surface area contributed by atoms with E-state index in [4.69, 9.17) is 33.7 Å². The topological polar surface area (TPSA) is 35.2 Å². The van der Waals surface area contributed by atoms with Crippen LogP contribution in [0.5, 0.6) is 11.5 Å². The van der Waals surface area contributed by atoms with Gasteiger partial charge in [0.25, 0.3) is 0 Å². The molecule has 0 fully saturated rings. The normalized spacial score (nSPS) is 12.2. The second-order valence-corrected chi connectivity index (χ2v) is 5.42. The van der Waals surface area contributed by atoms with Gasteiger partial charge in [-0.15, -0.1) is 0 Å². The maximum absolute atomic E-state index is 6.15. The van der Waals surface area contributed by atoms with Gasteiger partial charge in [-0.05, 0) is 36.6 Å². The number of rotatable bonds is 5. The molecule has 0 aliphatic rings. The molecule has 2 rings (SSSR count). The van der Waals surface area contributed by atoms with Gasteiger partial charge in [-0.2, -0.15) is 0 Å². The largest absolute Gasteiger partial charge is 0.455 e. The average molecular weight is 310 g/mol. The highest BCUT2D eigenvalue weighted by Crippen LogP contribution is 2.35. The van der Waals surface area contributed by atoms with Crippen molar-refractivity contribution in [2.45, 2.75) is 25.8 Å². The van der Waals surface area contributed by atoms with E-state index in [9.17, 15) is 0 Å². The summed E-state index contributed by atoms with van der Waals surface area (Å²) in [7, 11) is 0. The molecule has 2 aromatic carbocycles. The molecular weight excluding hydrogens is 293 g/mol. The summed E-state index contributed by atoms with van der Waals surface area (Å²) >= 11 is 12.1. The second-order valence-electron chi connectivity index (χ2n) is 4.63. The van der Waals surface area contributed by atoms with Gasteiger partial charge >= 0.3 is 0 Å². The van der Waals surface area contributed by atoms with Gasteiger partial charge < -0.3 is 10.5 Å². The first-order chi connectivity index (χ1) is 9.61. The lowest BCUT2D eigenvalue weighted by atomic mass is 10.0. The van der Waals surface area contributed by atoms with Crippen molar-refractivity contribution < 1.29 is 4.74 Å². The Hall–Kier alpha value is -1.22. The smallest absolute Gasteiger partial charge is 0.147 e. The van der Waals surface area contributed by atoms with Crippen molar-refractivity contribution in [1.82, 2.24) is 0 Å². The SMILES string of the molecule is CCC(N)Cc1ccccc1Oc1cccc(Cl)c1Cl. The summed E-state index contributed by atoms with van der Waals surface area (Å²) < 4.78 is 5.89. The quantitative estimate of drug-likeness (QED) is 0.837. The Balaban J connectivity index is 2.27. The Morgan fingerprint density at radius 1 is 1.05 bits per heavy atom. The van der Waals surface area contributed by atoms with Crippen LogP contribution in [0.3, 0.4) is 0 Å². The van der Waals surface area contributed by atoms with Crippen molar-refractivity contribution in [3.05, 3.63) is 58.1 Å². The van der Waals surface area contributed by atoms with Gasteiger partial charge in [0.2, 0.25) is 0 Å². The van der Waals surface area contributed by atoms with Gasteiger partial charge in [-0.1, -0.05) is 54.4 Å². The monoisotopic (exact) mass is 309 g/mol. The van der Waals surface area contributed by atoms with Crippen LogP contribution in [0.15, 0.2) is 42.5 Å². The first-order valence-electron chi connectivity index (χ1n) is 6.57. The molecule has 0 aliphatic heterocycles. The fourth-order valence-electron chi connectivity index (χ4n) is 1.88. The van der Waals surface area contributed by atoms with Crippen LogP contribution >= 0.6 is 23.2 Å². The number of benzene rings is 2. The zero-order valence-electron chi connectivity index (χ0n) is 11.3. The molecule has 2 N–H and O–H groups in total. The highest BCUT2D eigenvalue weighted by molar-refractivity contribution is 6.42. The van der Waals surface area contributed by atoms with Gasteiger partial charge in [0.1, 0.15) is 16.5 Å². The maximum atomic E-state index is 6.15. The highest BCUT2D eigenvalue weighted by atomic mass is 35.5. The standard InChI is InChI=1S/C16H17Cl2NO/c1-2-12(19)10-11-6-3-4-8-14(11)20-15-9-5-7-13(17)16(15)18/h3-9,12H,2,10,19H2,1H3. The third-order valence-corrected chi connectivity index (χ3v) is 3.92. The minimum atomic E-state index is 0.120. The third kappa shape index (κ3) is 3.66. The number of hydrogen-bond donors (Lipinski definition) is 1. The van der Waals surface area contributed by atoms with E-state index in [1.165, 1.54) is 0 Å². The molecular formula is C16H17Cl2NO. The molecule has 0 amide bonds. The summed E-state index contributed by atoms with van der Waals surface area (Å²) in [6.45, 7) is 2.07. The molecule has 1 unspecified atom stereocenters. The molecule has 0 aromatic heterocycles. The fourth-order valence-corrected chi connectivity index (χ4v) is 2.21. The first-order valence-corrected chi connectivity index (χ1v) is 7.32. The van der Waals surface area contributed by atoms with Crippen molar-refractivity contribution in [2.75, 3.05) is 0 Å². The Bertz CT molecular complexity index is 586. The Kier molecular flexibility index (Phi) is 5.30. The minimum Gasteiger partial charge on any atom is -0.455 e. The van der Waals surface area contributed by atoms with Crippen LogP contribution in [-0.2, 0) is 6.42 Å². The van der Waals surface area contributed by atoms with E-state index < -0.39 is 0 Å². The zero-order chi connectivity index (χ0) is 14.5. The Morgan fingerprint density at radius 2 is 1.75 bits per heavy atom. The van der Waals surface area contributed by atoms with Gasteiger partial charge in [0, 0.05) is 6.04 Å². The number of hydrogen-bond acceptors (Lipinski definition) is 2. The molecule has 2 aromatic rings. The van der Waals surface area contributed by atoms with Crippen LogP contribution in [0.1, 0.15) is 18.9 Å². The van der Waals surface area contributed by atoms with E-state index in [2.05, 4.69) is 6.92 Å². The fraction of sp³-hybridized carbons (Fsp3) is 0.250. The predicted octanol–water partition coefficient (Wildman–Crippen LogP) is 5.07. The molecule has 0 spiro atoms. The van der Waals surface area contributed by atoms with Crippen molar-refractivity contribution in [2.24, 2.45) is 5.73 Å². The molecule has 20 heavy (non-hydrogen) atoms. The van der Waals surface area contributed by atoms with E-state index in [1.807, 2.05) is 30.3 Å².